The van der Waals surface area contributed by atoms with Gasteiger partial charge in [0.1, 0.15) is 0 Å². The zero-order valence-electron chi connectivity index (χ0n) is 10.9. The van der Waals surface area contributed by atoms with Crippen molar-refractivity contribution in [2.75, 3.05) is 11.9 Å². The van der Waals surface area contributed by atoms with Gasteiger partial charge in [-0.3, -0.25) is 0 Å². The molecule has 0 heterocycles. The highest BCUT2D eigenvalue weighted by Crippen LogP contribution is 2.31. The Balaban J connectivity index is 1.96. The van der Waals surface area contributed by atoms with E-state index in [4.69, 9.17) is 0 Å². The molecule has 0 aromatic heterocycles. The van der Waals surface area contributed by atoms with Gasteiger partial charge in [0, 0.05) is 10.2 Å². The molecular formula is C15H22BrNO. The van der Waals surface area contributed by atoms with E-state index in [1.165, 1.54) is 25.7 Å². The van der Waals surface area contributed by atoms with Crippen LogP contribution in [-0.4, -0.2) is 17.8 Å². The van der Waals surface area contributed by atoms with Crippen molar-refractivity contribution in [2.24, 2.45) is 11.8 Å². The van der Waals surface area contributed by atoms with Crippen LogP contribution in [0.25, 0.3) is 0 Å². The van der Waals surface area contributed by atoms with Gasteiger partial charge in [0.25, 0.3) is 0 Å². The molecule has 18 heavy (non-hydrogen) atoms. The number of benzene rings is 1. The summed E-state index contributed by atoms with van der Waals surface area (Å²) in [7, 11) is 0. The van der Waals surface area contributed by atoms with Gasteiger partial charge < -0.3 is 10.4 Å². The lowest BCUT2D eigenvalue weighted by Gasteiger charge is -2.32. The lowest BCUT2D eigenvalue weighted by atomic mass is 9.79. The predicted octanol–water partition coefficient (Wildman–Crippen LogP) is 4.05. The number of anilines is 1. The van der Waals surface area contributed by atoms with Crippen molar-refractivity contribution < 1.29 is 5.11 Å². The summed E-state index contributed by atoms with van der Waals surface area (Å²) in [4.78, 5) is 0. The summed E-state index contributed by atoms with van der Waals surface area (Å²) in [6.45, 7) is 2.54. The van der Waals surface area contributed by atoms with Crippen LogP contribution in [0.5, 0.6) is 0 Å². The first kappa shape index (κ1) is 13.9. The van der Waals surface area contributed by atoms with Gasteiger partial charge in [0.15, 0.2) is 0 Å². The van der Waals surface area contributed by atoms with Crippen LogP contribution in [0.15, 0.2) is 28.7 Å². The van der Waals surface area contributed by atoms with Crippen molar-refractivity contribution in [2.45, 2.75) is 38.6 Å². The minimum Gasteiger partial charge on any atom is -0.394 e. The summed E-state index contributed by atoms with van der Waals surface area (Å²) in [6, 6.07) is 8.34. The maximum absolute atomic E-state index is 9.60. The predicted molar refractivity (Wildman–Crippen MR) is 79.8 cm³/mol. The van der Waals surface area contributed by atoms with E-state index in [0.29, 0.717) is 5.92 Å². The second-order valence-corrected chi connectivity index (χ2v) is 6.38. The standard InChI is InChI=1S/C15H22BrNO/c1-11-5-7-12(8-6-11)15(10-18)17-14-4-2-3-13(16)9-14/h2-4,9,11-12,15,17-18H,5-8,10H2,1H3. The molecule has 0 amide bonds. The summed E-state index contributed by atoms with van der Waals surface area (Å²) in [6.07, 6.45) is 5.05. The van der Waals surface area contributed by atoms with Crippen LogP contribution in [0.2, 0.25) is 0 Å². The average molecular weight is 312 g/mol. The third-order valence-corrected chi connectivity index (χ3v) is 4.50. The quantitative estimate of drug-likeness (QED) is 0.879. The van der Waals surface area contributed by atoms with Gasteiger partial charge in [-0.2, -0.15) is 0 Å². The molecule has 1 atom stereocenters. The van der Waals surface area contributed by atoms with E-state index in [-0.39, 0.29) is 12.6 Å². The van der Waals surface area contributed by atoms with Crippen LogP contribution >= 0.6 is 15.9 Å². The molecule has 0 bridgehead atoms. The van der Waals surface area contributed by atoms with Crippen LogP contribution in [0, 0.1) is 11.8 Å². The van der Waals surface area contributed by atoms with Gasteiger partial charge in [0.2, 0.25) is 0 Å². The number of halogens is 1. The van der Waals surface area contributed by atoms with E-state index in [0.717, 1.165) is 16.1 Å². The summed E-state index contributed by atoms with van der Waals surface area (Å²) >= 11 is 3.48. The number of aliphatic hydroxyl groups is 1. The number of rotatable bonds is 4. The van der Waals surface area contributed by atoms with E-state index >= 15 is 0 Å². The molecule has 2 N–H and O–H groups in total. The molecule has 100 valence electrons. The molecule has 1 aliphatic carbocycles. The molecule has 0 spiro atoms. The monoisotopic (exact) mass is 311 g/mol. The third-order valence-electron chi connectivity index (χ3n) is 4.00. The number of aliphatic hydroxyl groups excluding tert-OH is 1. The second kappa shape index (κ2) is 6.58. The summed E-state index contributed by atoms with van der Waals surface area (Å²) in [5.41, 5.74) is 1.09. The first-order chi connectivity index (χ1) is 8.69. The third kappa shape index (κ3) is 3.72. The maximum Gasteiger partial charge on any atom is 0.0635 e. The van der Waals surface area contributed by atoms with Crippen LogP contribution in [0.3, 0.4) is 0 Å². The Labute approximate surface area is 118 Å². The zero-order chi connectivity index (χ0) is 13.0. The number of hydrogen-bond donors (Lipinski definition) is 2. The van der Waals surface area contributed by atoms with Crippen molar-refractivity contribution in [3.05, 3.63) is 28.7 Å². The highest BCUT2D eigenvalue weighted by molar-refractivity contribution is 9.10. The fourth-order valence-corrected chi connectivity index (χ4v) is 3.19. The van der Waals surface area contributed by atoms with Crippen molar-refractivity contribution in [1.82, 2.24) is 0 Å². The molecule has 1 aromatic carbocycles. The fraction of sp³-hybridized carbons (Fsp3) is 0.600. The molecular weight excluding hydrogens is 290 g/mol. The van der Waals surface area contributed by atoms with Crippen LogP contribution in [0.4, 0.5) is 5.69 Å². The van der Waals surface area contributed by atoms with E-state index in [9.17, 15) is 5.11 Å². The molecule has 2 rings (SSSR count). The lowest BCUT2D eigenvalue weighted by molar-refractivity contribution is 0.193. The fourth-order valence-electron chi connectivity index (χ4n) is 2.79. The number of nitrogens with one attached hydrogen (secondary N) is 1. The van der Waals surface area contributed by atoms with Crippen LogP contribution < -0.4 is 5.32 Å². The highest BCUT2D eigenvalue weighted by atomic mass is 79.9. The normalized spacial score (nSPS) is 25.7. The largest absolute Gasteiger partial charge is 0.394 e. The summed E-state index contributed by atoms with van der Waals surface area (Å²) < 4.78 is 1.07. The smallest absolute Gasteiger partial charge is 0.0635 e. The topological polar surface area (TPSA) is 32.3 Å². The Morgan fingerprint density at radius 3 is 2.67 bits per heavy atom. The van der Waals surface area contributed by atoms with Crippen molar-refractivity contribution >= 4 is 21.6 Å². The highest BCUT2D eigenvalue weighted by Gasteiger charge is 2.25. The molecule has 1 aliphatic rings. The van der Waals surface area contributed by atoms with Gasteiger partial charge in [-0.15, -0.1) is 0 Å². The SMILES string of the molecule is CC1CCC(C(CO)Nc2cccc(Br)c2)CC1. The van der Waals surface area contributed by atoms with E-state index in [1.54, 1.807) is 0 Å². The first-order valence-corrected chi connectivity index (χ1v) is 7.61. The van der Waals surface area contributed by atoms with Crippen molar-refractivity contribution in [3.8, 4) is 0 Å². The average Bonchev–Trinajstić information content (AvgIpc) is 2.37. The summed E-state index contributed by atoms with van der Waals surface area (Å²) in [5.74, 6) is 1.46. The Morgan fingerprint density at radius 2 is 2.06 bits per heavy atom. The minimum absolute atomic E-state index is 0.187. The summed E-state index contributed by atoms with van der Waals surface area (Å²) in [5, 5.41) is 13.1. The van der Waals surface area contributed by atoms with E-state index in [1.807, 2.05) is 12.1 Å². The molecule has 1 aromatic rings. The minimum atomic E-state index is 0.187. The zero-order valence-corrected chi connectivity index (χ0v) is 12.5. The van der Waals surface area contributed by atoms with Gasteiger partial charge in [-0.1, -0.05) is 41.8 Å². The second-order valence-electron chi connectivity index (χ2n) is 5.46. The lowest BCUT2D eigenvalue weighted by Crippen LogP contribution is -2.34. The maximum atomic E-state index is 9.60. The molecule has 3 heteroatoms. The molecule has 0 radical (unpaired) electrons. The van der Waals surface area contributed by atoms with Gasteiger partial charge in [-0.05, 0) is 42.9 Å². The Kier molecular flexibility index (Phi) is 5.07. The van der Waals surface area contributed by atoms with Crippen molar-refractivity contribution in [3.63, 3.8) is 0 Å². The van der Waals surface area contributed by atoms with E-state index < -0.39 is 0 Å². The Bertz CT molecular complexity index is 375. The Morgan fingerprint density at radius 1 is 1.33 bits per heavy atom. The molecule has 1 saturated carbocycles. The number of hydrogen-bond acceptors (Lipinski definition) is 2. The Hall–Kier alpha value is -0.540. The van der Waals surface area contributed by atoms with Gasteiger partial charge in [0.05, 0.1) is 12.6 Å². The molecule has 0 saturated heterocycles. The molecule has 0 aliphatic heterocycles. The molecule has 1 fully saturated rings. The molecule has 2 nitrogen and oxygen atoms in total. The first-order valence-electron chi connectivity index (χ1n) is 6.82. The van der Waals surface area contributed by atoms with Gasteiger partial charge in [-0.25, -0.2) is 0 Å². The molecule has 1 unspecified atom stereocenters. The van der Waals surface area contributed by atoms with Crippen LogP contribution in [0.1, 0.15) is 32.6 Å². The van der Waals surface area contributed by atoms with Crippen molar-refractivity contribution in [1.29, 1.82) is 0 Å². The van der Waals surface area contributed by atoms with Gasteiger partial charge >= 0.3 is 0 Å². The van der Waals surface area contributed by atoms with E-state index in [2.05, 4.69) is 40.3 Å². The van der Waals surface area contributed by atoms with Crippen LogP contribution in [-0.2, 0) is 0 Å².